The minimum Gasteiger partial charge on any atom is -0.356 e. The van der Waals surface area contributed by atoms with Gasteiger partial charge in [0.25, 0.3) is 5.56 Å². The second-order valence-corrected chi connectivity index (χ2v) is 6.64. The van der Waals surface area contributed by atoms with E-state index >= 15 is 0 Å². The second kappa shape index (κ2) is 5.99. The first kappa shape index (κ1) is 14.3. The van der Waals surface area contributed by atoms with Crippen molar-refractivity contribution in [1.29, 1.82) is 0 Å². The highest BCUT2D eigenvalue weighted by Crippen LogP contribution is 2.31. The van der Waals surface area contributed by atoms with E-state index < -0.39 is 0 Å². The lowest BCUT2D eigenvalue weighted by Crippen LogP contribution is -2.12. The van der Waals surface area contributed by atoms with Crippen molar-refractivity contribution in [2.45, 2.75) is 13.3 Å². The average Bonchev–Trinajstić information content (AvgIpc) is 2.90. The molecule has 6 heteroatoms. The zero-order chi connectivity index (χ0) is 14.8. The van der Waals surface area contributed by atoms with Gasteiger partial charge in [0.2, 0.25) is 5.95 Å². The van der Waals surface area contributed by atoms with Crippen molar-refractivity contribution in [2.75, 3.05) is 11.9 Å². The summed E-state index contributed by atoms with van der Waals surface area (Å²) < 4.78 is 1.70. The van der Waals surface area contributed by atoms with Crippen LogP contribution >= 0.6 is 27.3 Å². The van der Waals surface area contributed by atoms with Crippen molar-refractivity contribution in [3.05, 3.63) is 45.2 Å². The van der Waals surface area contributed by atoms with Crippen molar-refractivity contribution < 1.29 is 0 Å². The van der Waals surface area contributed by atoms with Crippen molar-refractivity contribution in [3.63, 3.8) is 0 Å². The van der Waals surface area contributed by atoms with Crippen molar-refractivity contribution in [3.8, 4) is 10.4 Å². The van der Waals surface area contributed by atoms with E-state index in [1.165, 1.54) is 11.3 Å². The maximum Gasteiger partial charge on any atom is 0.270 e. The summed E-state index contributed by atoms with van der Waals surface area (Å²) in [6.45, 7) is 2.86. The normalized spacial score (nSPS) is 11.0. The van der Waals surface area contributed by atoms with E-state index in [1.54, 1.807) is 0 Å². The van der Waals surface area contributed by atoms with Crippen LogP contribution in [-0.2, 0) is 0 Å². The van der Waals surface area contributed by atoms with E-state index in [1.807, 2.05) is 30.3 Å². The lowest BCUT2D eigenvalue weighted by Gasteiger charge is -2.02. The van der Waals surface area contributed by atoms with Gasteiger partial charge in [-0.3, -0.25) is 9.78 Å². The van der Waals surface area contributed by atoms with Gasteiger partial charge in [-0.25, -0.2) is 4.98 Å². The predicted molar refractivity (Wildman–Crippen MR) is 92.2 cm³/mol. The number of hydrogen-bond donors (Lipinski definition) is 2. The molecule has 2 aromatic heterocycles. The molecule has 2 N–H and O–H groups in total. The summed E-state index contributed by atoms with van der Waals surface area (Å²) in [5.74, 6) is 0.537. The summed E-state index contributed by atoms with van der Waals surface area (Å²) in [6, 6.07) is 10.0. The molecular formula is C15H14BrN3OS. The standard InChI is InChI=1S/C15H14BrN3OS/c1-2-7-17-15-18-11-8-12(21-13(11)14(20)19-15)9-3-5-10(16)6-4-9/h3-6,8H,2,7H2,1H3,(H2,17,18,19,20). The van der Waals surface area contributed by atoms with E-state index in [2.05, 4.69) is 38.1 Å². The molecule has 0 spiro atoms. The van der Waals surface area contributed by atoms with Crippen LogP contribution in [0.25, 0.3) is 20.7 Å². The Morgan fingerprint density at radius 1 is 1.33 bits per heavy atom. The van der Waals surface area contributed by atoms with Crippen molar-refractivity contribution in [2.24, 2.45) is 0 Å². The number of nitrogens with zero attached hydrogens (tertiary/aromatic N) is 1. The molecular weight excluding hydrogens is 350 g/mol. The van der Waals surface area contributed by atoms with E-state index in [0.717, 1.165) is 33.4 Å². The predicted octanol–water partition coefficient (Wildman–Crippen LogP) is 4.24. The molecule has 0 atom stereocenters. The quantitative estimate of drug-likeness (QED) is 0.728. The molecule has 0 aliphatic rings. The fraction of sp³-hybridized carbons (Fsp3) is 0.200. The minimum absolute atomic E-state index is 0.0908. The van der Waals surface area contributed by atoms with Gasteiger partial charge in [-0.2, -0.15) is 0 Å². The molecule has 4 nitrogen and oxygen atoms in total. The van der Waals surface area contributed by atoms with Crippen LogP contribution in [0.5, 0.6) is 0 Å². The highest BCUT2D eigenvalue weighted by atomic mass is 79.9. The number of anilines is 1. The Labute approximate surface area is 134 Å². The third kappa shape index (κ3) is 3.01. The monoisotopic (exact) mass is 363 g/mol. The van der Waals surface area contributed by atoms with Gasteiger partial charge in [0, 0.05) is 15.9 Å². The third-order valence-corrected chi connectivity index (χ3v) is 4.75. The van der Waals surface area contributed by atoms with Crippen LogP contribution in [0.4, 0.5) is 5.95 Å². The Morgan fingerprint density at radius 2 is 2.10 bits per heavy atom. The molecule has 0 unspecified atom stereocenters. The molecule has 0 aliphatic carbocycles. The van der Waals surface area contributed by atoms with Gasteiger partial charge < -0.3 is 5.32 Å². The number of aromatic nitrogens is 2. The number of rotatable bonds is 4. The zero-order valence-electron chi connectivity index (χ0n) is 11.4. The number of benzene rings is 1. The number of H-pyrrole nitrogens is 1. The summed E-state index contributed by atoms with van der Waals surface area (Å²) in [6.07, 6.45) is 0.982. The summed E-state index contributed by atoms with van der Waals surface area (Å²) >= 11 is 4.89. The lowest BCUT2D eigenvalue weighted by molar-refractivity contribution is 0.954. The van der Waals surface area contributed by atoms with Gasteiger partial charge in [0.05, 0.1) is 5.52 Å². The van der Waals surface area contributed by atoms with Crippen LogP contribution < -0.4 is 10.9 Å². The Balaban J connectivity index is 2.05. The smallest absolute Gasteiger partial charge is 0.270 e. The molecule has 0 radical (unpaired) electrons. The summed E-state index contributed by atoms with van der Waals surface area (Å²) in [4.78, 5) is 20.4. The van der Waals surface area contributed by atoms with Crippen LogP contribution in [-0.4, -0.2) is 16.5 Å². The first-order chi connectivity index (χ1) is 10.2. The number of fused-ring (bicyclic) bond motifs is 1. The van der Waals surface area contributed by atoms with E-state index in [9.17, 15) is 4.79 Å². The van der Waals surface area contributed by atoms with Crippen LogP contribution in [0.1, 0.15) is 13.3 Å². The molecule has 0 saturated heterocycles. The highest BCUT2D eigenvalue weighted by molar-refractivity contribution is 9.10. The molecule has 2 heterocycles. The Kier molecular flexibility index (Phi) is 4.07. The second-order valence-electron chi connectivity index (χ2n) is 4.67. The maximum absolute atomic E-state index is 12.1. The summed E-state index contributed by atoms with van der Waals surface area (Å²) in [5.41, 5.74) is 1.73. The lowest BCUT2D eigenvalue weighted by atomic mass is 10.2. The van der Waals surface area contributed by atoms with Gasteiger partial charge >= 0.3 is 0 Å². The minimum atomic E-state index is -0.0908. The van der Waals surface area contributed by atoms with Gasteiger partial charge in [0.1, 0.15) is 4.70 Å². The molecule has 108 valence electrons. The Hall–Kier alpha value is -1.66. The molecule has 1 aromatic carbocycles. The fourth-order valence-corrected chi connectivity index (χ4v) is 3.28. The SMILES string of the molecule is CCCNc1nc2cc(-c3ccc(Br)cc3)sc2c(=O)[nH]1. The number of halogens is 1. The zero-order valence-corrected chi connectivity index (χ0v) is 13.8. The Morgan fingerprint density at radius 3 is 2.81 bits per heavy atom. The first-order valence-electron chi connectivity index (χ1n) is 6.71. The van der Waals surface area contributed by atoms with Crippen molar-refractivity contribution in [1.82, 2.24) is 9.97 Å². The molecule has 0 aliphatic heterocycles. The number of aromatic amines is 1. The molecule has 21 heavy (non-hydrogen) atoms. The van der Waals surface area contributed by atoms with Crippen molar-refractivity contribution >= 4 is 43.4 Å². The summed E-state index contributed by atoms with van der Waals surface area (Å²) in [5, 5.41) is 3.12. The number of hydrogen-bond acceptors (Lipinski definition) is 4. The van der Waals surface area contributed by atoms with Gasteiger partial charge in [-0.15, -0.1) is 11.3 Å². The topological polar surface area (TPSA) is 57.8 Å². The van der Waals surface area contributed by atoms with Gasteiger partial charge in [-0.05, 0) is 30.2 Å². The van der Waals surface area contributed by atoms with E-state index in [0.29, 0.717) is 10.6 Å². The number of thiophene rings is 1. The van der Waals surface area contributed by atoms with E-state index in [-0.39, 0.29) is 5.56 Å². The molecule has 0 amide bonds. The first-order valence-corrected chi connectivity index (χ1v) is 8.32. The highest BCUT2D eigenvalue weighted by Gasteiger charge is 2.10. The summed E-state index contributed by atoms with van der Waals surface area (Å²) in [7, 11) is 0. The van der Waals surface area contributed by atoms with Gasteiger partial charge in [-0.1, -0.05) is 35.0 Å². The molecule has 3 rings (SSSR count). The van der Waals surface area contributed by atoms with E-state index in [4.69, 9.17) is 0 Å². The molecule has 0 saturated carbocycles. The van der Waals surface area contributed by atoms with Crippen LogP contribution in [0, 0.1) is 0 Å². The molecule has 3 aromatic rings. The maximum atomic E-state index is 12.1. The number of nitrogens with one attached hydrogen (secondary N) is 2. The van der Waals surface area contributed by atoms with Crippen LogP contribution in [0.15, 0.2) is 39.6 Å². The third-order valence-electron chi connectivity index (χ3n) is 3.05. The fourth-order valence-electron chi connectivity index (χ4n) is 2.02. The largest absolute Gasteiger partial charge is 0.356 e. The van der Waals surface area contributed by atoms with Crippen LogP contribution in [0.3, 0.4) is 0 Å². The van der Waals surface area contributed by atoms with Crippen LogP contribution in [0.2, 0.25) is 0 Å². The average molecular weight is 364 g/mol. The molecule has 0 fully saturated rings. The Bertz CT molecular complexity index is 823. The van der Waals surface area contributed by atoms with Gasteiger partial charge in [0.15, 0.2) is 0 Å². The molecule has 0 bridgehead atoms.